The molecule has 5 heteroatoms. The molecular formula is C12H19F3O2. The Morgan fingerprint density at radius 3 is 2.41 bits per heavy atom. The fourth-order valence-corrected chi connectivity index (χ4v) is 2.26. The summed E-state index contributed by atoms with van der Waals surface area (Å²) in [6, 6.07) is 0. The first-order valence-electron chi connectivity index (χ1n) is 6.03. The first-order chi connectivity index (χ1) is 7.82. The largest absolute Gasteiger partial charge is 0.392 e. The molecule has 100 valence electrons. The maximum Gasteiger partial charge on any atom is 0.392 e. The van der Waals surface area contributed by atoms with Gasteiger partial charge in [-0.25, -0.2) is 0 Å². The molecule has 0 aliphatic heterocycles. The van der Waals surface area contributed by atoms with E-state index in [1.165, 1.54) is 0 Å². The molecule has 1 fully saturated rings. The van der Waals surface area contributed by atoms with E-state index in [-0.39, 0.29) is 19.1 Å². The smallest absolute Gasteiger partial charge is 0.371 e. The van der Waals surface area contributed by atoms with Gasteiger partial charge in [0.1, 0.15) is 6.61 Å². The van der Waals surface area contributed by atoms with Crippen LogP contribution in [-0.4, -0.2) is 24.7 Å². The highest BCUT2D eigenvalue weighted by Crippen LogP contribution is 2.41. The van der Waals surface area contributed by atoms with E-state index in [9.17, 15) is 18.0 Å². The molecule has 0 spiro atoms. The third-order valence-electron chi connectivity index (χ3n) is 3.16. The predicted molar refractivity (Wildman–Crippen MR) is 57.6 cm³/mol. The minimum Gasteiger partial charge on any atom is -0.371 e. The molecule has 1 saturated carbocycles. The lowest BCUT2D eigenvalue weighted by Gasteiger charge is -2.32. The standard InChI is InChI=1S/C12H19F3O2/c1-8(2)17-7-11(16)9-5-3-4-6-10(9)12(13,14)15/h8-10H,3-7H2,1-2H3. The molecule has 0 amide bonds. The fraction of sp³-hybridized carbons (Fsp3) is 0.917. The topological polar surface area (TPSA) is 26.3 Å². The van der Waals surface area contributed by atoms with Crippen molar-refractivity contribution in [2.45, 2.75) is 51.8 Å². The molecule has 0 aromatic carbocycles. The Hall–Kier alpha value is -0.580. The zero-order valence-corrected chi connectivity index (χ0v) is 10.2. The monoisotopic (exact) mass is 252 g/mol. The van der Waals surface area contributed by atoms with Crippen molar-refractivity contribution in [1.82, 2.24) is 0 Å². The number of rotatable bonds is 4. The lowest BCUT2D eigenvalue weighted by atomic mass is 9.76. The van der Waals surface area contributed by atoms with Gasteiger partial charge in [0.15, 0.2) is 5.78 Å². The van der Waals surface area contributed by atoms with Gasteiger partial charge in [0.05, 0.1) is 12.0 Å². The fourth-order valence-electron chi connectivity index (χ4n) is 2.26. The molecule has 0 saturated heterocycles. The summed E-state index contributed by atoms with van der Waals surface area (Å²) >= 11 is 0. The number of ketones is 1. The molecule has 0 aromatic rings. The van der Waals surface area contributed by atoms with E-state index in [0.717, 1.165) is 0 Å². The van der Waals surface area contributed by atoms with Gasteiger partial charge in [-0.1, -0.05) is 12.8 Å². The second-order valence-corrected chi connectivity index (χ2v) is 4.87. The second-order valence-electron chi connectivity index (χ2n) is 4.87. The third-order valence-corrected chi connectivity index (χ3v) is 3.16. The van der Waals surface area contributed by atoms with Gasteiger partial charge in [-0.2, -0.15) is 13.2 Å². The van der Waals surface area contributed by atoms with E-state index in [4.69, 9.17) is 4.74 Å². The minimum absolute atomic E-state index is 0.0710. The highest BCUT2D eigenvalue weighted by atomic mass is 19.4. The van der Waals surface area contributed by atoms with Crippen LogP contribution < -0.4 is 0 Å². The van der Waals surface area contributed by atoms with Gasteiger partial charge in [0.2, 0.25) is 0 Å². The normalized spacial score (nSPS) is 26.2. The Bertz CT molecular complexity index is 261. The van der Waals surface area contributed by atoms with Crippen LogP contribution in [0.5, 0.6) is 0 Å². The van der Waals surface area contributed by atoms with Gasteiger partial charge in [0, 0.05) is 5.92 Å². The number of alkyl halides is 3. The van der Waals surface area contributed by atoms with E-state index >= 15 is 0 Å². The van der Waals surface area contributed by atoms with E-state index in [2.05, 4.69) is 0 Å². The minimum atomic E-state index is -4.27. The summed E-state index contributed by atoms with van der Waals surface area (Å²) in [4.78, 5) is 11.7. The van der Waals surface area contributed by atoms with Gasteiger partial charge >= 0.3 is 6.18 Å². The molecule has 0 heterocycles. The number of hydrogen-bond acceptors (Lipinski definition) is 2. The van der Waals surface area contributed by atoms with Crippen LogP contribution in [0, 0.1) is 11.8 Å². The summed E-state index contributed by atoms with van der Waals surface area (Å²) in [5.41, 5.74) is 0. The molecule has 1 aliphatic rings. The van der Waals surface area contributed by atoms with Gasteiger partial charge in [0.25, 0.3) is 0 Å². The first-order valence-corrected chi connectivity index (χ1v) is 6.03. The molecule has 17 heavy (non-hydrogen) atoms. The van der Waals surface area contributed by atoms with Crippen molar-refractivity contribution in [3.63, 3.8) is 0 Å². The number of carbonyl (C=O) groups excluding carboxylic acids is 1. The Morgan fingerprint density at radius 1 is 1.29 bits per heavy atom. The number of halogens is 3. The van der Waals surface area contributed by atoms with E-state index < -0.39 is 23.8 Å². The Morgan fingerprint density at radius 2 is 1.88 bits per heavy atom. The lowest BCUT2D eigenvalue weighted by Crippen LogP contribution is -2.38. The van der Waals surface area contributed by atoms with Crippen LogP contribution >= 0.6 is 0 Å². The highest BCUT2D eigenvalue weighted by molar-refractivity contribution is 5.82. The van der Waals surface area contributed by atoms with Crippen molar-refractivity contribution in [2.24, 2.45) is 11.8 Å². The molecule has 1 rings (SSSR count). The molecule has 2 unspecified atom stereocenters. The zero-order valence-electron chi connectivity index (χ0n) is 10.2. The molecular weight excluding hydrogens is 233 g/mol. The maximum absolute atomic E-state index is 12.8. The quantitative estimate of drug-likeness (QED) is 0.767. The molecule has 2 atom stereocenters. The van der Waals surface area contributed by atoms with Crippen molar-refractivity contribution >= 4 is 5.78 Å². The number of hydrogen-bond donors (Lipinski definition) is 0. The molecule has 0 bridgehead atoms. The van der Waals surface area contributed by atoms with E-state index in [0.29, 0.717) is 19.3 Å². The van der Waals surface area contributed by atoms with Crippen LogP contribution in [0.2, 0.25) is 0 Å². The lowest BCUT2D eigenvalue weighted by molar-refractivity contribution is -0.198. The van der Waals surface area contributed by atoms with Crippen molar-refractivity contribution in [2.75, 3.05) is 6.61 Å². The van der Waals surface area contributed by atoms with Crippen molar-refractivity contribution < 1.29 is 22.7 Å². The molecule has 1 aliphatic carbocycles. The summed E-state index contributed by atoms with van der Waals surface area (Å²) in [5.74, 6) is -2.78. The first kappa shape index (κ1) is 14.5. The van der Waals surface area contributed by atoms with Gasteiger partial charge in [-0.15, -0.1) is 0 Å². The van der Waals surface area contributed by atoms with Crippen LogP contribution in [0.3, 0.4) is 0 Å². The van der Waals surface area contributed by atoms with Gasteiger partial charge < -0.3 is 4.74 Å². The third kappa shape index (κ3) is 4.30. The van der Waals surface area contributed by atoms with Crippen LogP contribution in [0.4, 0.5) is 13.2 Å². The van der Waals surface area contributed by atoms with E-state index in [1.807, 2.05) is 0 Å². The molecule has 0 N–H and O–H groups in total. The molecule has 0 radical (unpaired) electrons. The Kier molecular flexibility index (Phi) is 4.98. The predicted octanol–water partition coefficient (Wildman–Crippen LogP) is 3.35. The summed E-state index contributed by atoms with van der Waals surface area (Å²) in [7, 11) is 0. The van der Waals surface area contributed by atoms with Crippen LogP contribution in [0.1, 0.15) is 39.5 Å². The average Bonchev–Trinajstić information content (AvgIpc) is 2.24. The molecule has 0 aromatic heterocycles. The van der Waals surface area contributed by atoms with Crippen LogP contribution in [-0.2, 0) is 9.53 Å². The van der Waals surface area contributed by atoms with E-state index in [1.54, 1.807) is 13.8 Å². The summed E-state index contributed by atoms with van der Waals surface area (Å²) in [6.07, 6.45) is -2.74. The van der Waals surface area contributed by atoms with Crippen molar-refractivity contribution in [3.05, 3.63) is 0 Å². The second kappa shape index (κ2) is 5.85. The van der Waals surface area contributed by atoms with Gasteiger partial charge in [-0.05, 0) is 26.7 Å². The SMILES string of the molecule is CC(C)OCC(=O)C1CCCCC1C(F)(F)F. The van der Waals surface area contributed by atoms with Crippen LogP contribution in [0.25, 0.3) is 0 Å². The number of Topliss-reactive ketones (excluding diaryl/α,β-unsaturated/α-hetero) is 1. The Balaban J connectivity index is 2.61. The van der Waals surface area contributed by atoms with Crippen molar-refractivity contribution in [1.29, 1.82) is 0 Å². The zero-order chi connectivity index (χ0) is 13.1. The van der Waals surface area contributed by atoms with Crippen molar-refractivity contribution in [3.8, 4) is 0 Å². The average molecular weight is 252 g/mol. The Labute approximate surface area is 99.5 Å². The highest BCUT2D eigenvalue weighted by Gasteiger charge is 2.47. The number of ether oxygens (including phenoxy) is 1. The molecule has 2 nitrogen and oxygen atoms in total. The number of carbonyl (C=O) groups is 1. The summed E-state index contributed by atoms with van der Waals surface area (Å²) in [6.45, 7) is 3.32. The summed E-state index contributed by atoms with van der Waals surface area (Å²) in [5, 5.41) is 0. The summed E-state index contributed by atoms with van der Waals surface area (Å²) < 4.78 is 43.4. The maximum atomic E-state index is 12.8. The van der Waals surface area contributed by atoms with Crippen LogP contribution in [0.15, 0.2) is 0 Å². The van der Waals surface area contributed by atoms with Gasteiger partial charge in [-0.3, -0.25) is 4.79 Å².